The smallest absolute Gasteiger partial charge is 0.285 e. The lowest BCUT2D eigenvalue weighted by Crippen LogP contribution is -2.10. The molecule has 0 saturated carbocycles. The molecule has 5 heteroatoms. The molecule has 0 unspecified atom stereocenters. The standard InChI is InChI=1S/C10H9N3OS/c14-9-11-7-12-10(13-9)15-6-8-4-2-1-3-5-8/h1-5,7H,6H2,(H,11,12,13,14). The van der Waals surface area contributed by atoms with Gasteiger partial charge < -0.3 is 0 Å². The Kier molecular flexibility index (Phi) is 3.14. The molecule has 0 radical (unpaired) electrons. The first kappa shape index (κ1) is 9.92. The van der Waals surface area contributed by atoms with Crippen LogP contribution in [0, 0.1) is 0 Å². The average Bonchev–Trinajstić information content (AvgIpc) is 2.28. The molecule has 0 amide bonds. The van der Waals surface area contributed by atoms with Crippen molar-refractivity contribution in [1.82, 2.24) is 15.0 Å². The van der Waals surface area contributed by atoms with Crippen molar-refractivity contribution >= 4 is 11.8 Å². The van der Waals surface area contributed by atoms with Gasteiger partial charge in [-0.3, -0.25) is 4.98 Å². The van der Waals surface area contributed by atoms with Crippen molar-refractivity contribution in [1.29, 1.82) is 0 Å². The van der Waals surface area contributed by atoms with E-state index in [-0.39, 0.29) is 5.69 Å². The zero-order valence-electron chi connectivity index (χ0n) is 7.88. The number of nitrogens with one attached hydrogen (secondary N) is 1. The highest BCUT2D eigenvalue weighted by molar-refractivity contribution is 7.98. The molecular weight excluding hydrogens is 210 g/mol. The van der Waals surface area contributed by atoms with Crippen LogP contribution in [0.2, 0.25) is 0 Å². The van der Waals surface area contributed by atoms with E-state index in [0.29, 0.717) is 5.16 Å². The molecule has 1 aromatic carbocycles. The van der Waals surface area contributed by atoms with Gasteiger partial charge in [-0.05, 0) is 5.56 Å². The van der Waals surface area contributed by atoms with Crippen molar-refractivity contribution in [2.45, 2.75) is 10.9 Å². The summed E-state index contributed by atoms with van der Waals surface area (Å²) in [6.07, 6.45) is 1.27. The number of H-pyrrole nitrogens is 1. The highest BCUT2D eigenvalue weighted by Gasteiger charge is 1.97. The maximum atomic E-state index is 10.9. The van der Waals surface area contributed by atoms with E-state index in [4.69, 9.17) is 0 Å². The van der Waals surface area contributed by atoms with E-state index >= 15 is 0 Å². The molecule has 76 valence electrons. The van der Waals surface area contributed by atoms with Crippen LogP contribution in [0.15, 0.2) is 46.6 Å². The summed E-state index contributed by atoms with van der Waals surface area (Å²) in [5.41, 5.74) is 0.836. The van der Waals surface area contributed by atoms with Gasteiger partial charge in [0.15, 0.2) is 5.16 Å². The van der Waals surface area contributed by atoms with Gasteiger partial charge in [0.2, 0.25) is 0 Å². The van der Waals surface area contributed by atoms with Crippen molar-refractivity contribution in [2.24, 2.45) is 0 Å². The van der Waals surface area contributed by atoms with E-state index < -0.39 is 0 Å². The first-order valence-electron chi connectivity index (χ1n) is 4.42. The molecule has 0 bridgehead atoms. The zero-order chi connectivity index (χ0) is 10.5. The van der Waals surface area contributed by atoms with Crippen molar-refractivity contribution in [2.75, 3.05) is 0 Å². The van der Waals surface area contributed by atoms with Gasteiger partial charge in [-0.15, -0.1) is 0 Å². The highest BCUT2D eigenvalue weighted by atomic mass is 32.2. The predicted molar refractivity (Wildman–Crippen MR) is 58.7 cm³/mol. The van der Waals surface area contributed by atoms with Crippen LogP contribution < -0.4 is 5.69 Å². The summed E-state index contributed by atoms with van der Waals surface area (Å²) in [6, 6.07) is 10.0. The summed E-state index contributed by atoms with van der Waals surface area (Å²) in [5, 5.41) is 0.596. The number of benzene rings is 1. The third-order valence-corrected chi connectivity index (χ3v) is 2.74. The molecule has 0 fully saturated rings. The number of thioether (sulfide) groups is 1. The summed E-state index contributed by atoms with van der Waals surface area (Å²) in [5.74, 6) is 0.786. The van der Waals surface area contributed by atoms with Crippen LogP contribution in [0.25, 0.3) is 0 Å². The monoisotopic (exact) mass is 219 g/mol. The second kappa shape index (κ2) is 4.75. The lowest BCUT2D eigenvalue weighted by Gasteiger charge is -1.99. The Morgan fingerprint density at radius 2 is 2.00 bits per heavy atom. The van der Waals surface area contributed by atoms with Gasteiger partial charge in [0.1, 0.15) is 6.33 Å². The first-order chi connectivity index (χ1) is 7.34. The van der Waals surface area contributed by atoms with Gasteiger partial charge >= 0.3 is 5.69 Å². The minimum atomic E-state index is -0.361. The number of nitrogens with zero attached hydrogens (tertiary/aromatic N) is 2. The third kappa shape index (κ3) is 2.92. The largest absolute Gasteiger partial charge is 0.348 e. The molecule has 2 rings (SSSR count). The van der Waals surface area contributed by atoms with Gasteiger partial charge in [0, 0.05) is 5.75 Å². The Morgan fingerprint density at radius 1 is 1.20 bits per heavy atom. The number of aromatic nitrogens is 3. The molecule has 0 spiro atoms. The quantitative estimate of drug-likeness (QED) is 0.794. The Hall–Kier alpha value is -1.62. The number of hydrogen-bond donors (Lipinski definition) is 1. The van der Waals surface area contributed by atoms with Crippen LogP contribution in [0.4, 0.5) is 0 Å². The van der Waals surface area contributed by atoms with Crippen LogP contribution in [-0.4, -0.2) is 15.0 Å². The summed E-state index contributed by atoms with van der Waals surface area (Å²) >= 11 is 1.48. The van der Waals surface area contributed by atoms with Gasteiger partial charge in [-0.25, -0.2) is 9.78 Å². The number of hydrogen-bond acceptors (Lipinski definition) is 4. The van der Waals surface area contributed by atoms with Gasteiger partial charge in [-0.2, -0.15) is 4.98 Å². The van der Waals surface area contributed by atoms with E-state index in [1.165, 1.54) is 23.7 Å². The molecule has 0 aliphatic carbocycles. The van der Waals surface area contributed by atoms with E-state index in [1.807, 2.05) is 30.3 Å². The van der Waals surface area contributed by atoms with Crippen molar-refractivity contribution < 1.29 is 0 Å². The minimum Gasteiger partial charge on any atom is -0.285 e. The molecule has 1 aromatic heterocycles. The number of rotatable bonds is 3. The van der Waals surface area contributed by atoms with Gasteiger partial charge in [-0.1, -0.05) is 42.1 Å². The Labute approximate surface area is 90.8 Å². The lowest BCUT2D eigenvalue weighted by molar-refractivity contribution is 0.860. The fraction of sp³-hybridized carbons (Fsp3) is 0.100. The maximum Gasteiger partial charge on any atom is 0.348 e. The Balaban J connectivity index is 2.02. The van der Waals surface area contributed by atoms with Crippen LogP contribution in [-0.2, 0) is 5.75 Å². The highest BCUT2D eigenvalue weighted by Crippen LogP contribution is 2.16. The zero-order valence-corrected chi connectivity index (χ0v) is 8.70. The number of aromatic amines is 1. The molecular formula is C10H9N3OS. The molecule has 0 aliphatic heterocycles. The average molecular weight is 219 g/mol. The van der Waals surface area contributed by atoms with Crippen molar-refractivity contribution in [3.63, 3.8) is 0 Å². The SMILES string of the molecule is O=c1ncnc(SCc2ccccc2)[nH]1. The topological polar surface area (TPSA) is 58.6 Å². The normalized spacial score (nSPS) is 10.1. The van der Waals surface area contributed by atoms with Crippen LogP contribution >= 0.6 is 11.8 Å². The second-order valence-corrected chi connectivity index (χ2v) is 3.85. The summed E-state index contributed by atoms with van der Waals surface area (Å²) < 4.78 is 0. The predicted octanol–water partition coefficient (Wildman–Crippen LogP) is 1.46. The van der Waals surface area contributed by atoms with Crippen molar-refractivity contribution in [3.05, 3.63) is 52.7 Å². The molecule has 0 atom stereocenters. The van der Waals surface area contributed by atoms with Crippen LogP contribution in [0.3, 0.4) is 0 Å². The first-order valence-corrected chi connectivity index (χ1v) is 5.41. The minimum absolute atomic E-state index is 0.361. The van der Waals surface area contributed by atoms with E-state index in [1.54, 1.807) is 0 Å². The molecule has 4 nitrogen and oxygen atoms in total. The second-order valence-electron chi connectivity index (χ2n) is 2.88. The van der Waals surface area contributed by atoms with E-state index in [0.717, 1.165) is 5.75 Å². The Morgan fingerprint density at radius 3 is 2.73 bits per heavy atom. The van der Waals surface area contributed by atoms with E-state index in [2.05, 4.69) is 15.0 Å². The lowest BCUT2D eigenvalue weighted by atomic mass is 10.2. The summed E-state index contributed by atoms with van der Waals surface area (Å²) in [7, 11) is 0. The fourth-order valence-corrected chi connectivity index (χ4v) is 1.87. The third-order valence-electron chi connectivity index (χ3n) is 1.78. The molecule has 15 heavy (non-hydrogen) atoms. The summed E-state index contributed by atoms with van der Waals surface area (Å²) in [4.78, 5) is 20.9. The fourth-order valence-electron chi connectivity index (χ4n) is 1.09. The van der Waals surface area contributed by atoms with E-state index in [9.17, 15) is 4.79 Å². The molecule has 1 heterocycles. The Bertz CT molecular complexity index is 483. The molecule has 2 aromatic rings. The summed E-state index contributed by atoms with van der Waals surface area (Å²) in [6.45, 7) is 0. The molecule has 0 saturated heterocycles. The maximum absolute atomic E-state index is 10.9. The van der Waals surface area contributed by atoms with Gasteiger partial charge in [0.05, 0.1) is 0 Å². The van der Waals surface area contributed by atoms with Gasteiger partial charge in [0.25, 0.3) is 0 Å². The van der Waals surface area contributed by atoms with Crippen molar-refractivity contribution in [3.8, 4) is 0 Å². The van der Waals surface area contributed by atoms with Crippen LogP contribution in [0.5, 0.6) is 0 Å². The van der Waals surface area contributed by atoms with Crippen LogP contribution in [0.1, 0.15) is 5.56 Å². The molecule has 1 N–H and O–H groups in total. The molecule has 0 aliphatic rings.